The van der Waals surface area contributed by atoms with E-state index in [4.69, 9.17) is 5.41 Å². The minimum absolute atomic E-state index is 0.0646. The highest BCUT2D eigenvalue weighted by molar-refractivity contribution is 6.23. The predicted octanol–water partition coefficient (Wildman–Crippen LogP) is 2.48. The van der Waals surface area contributed by atoms with Crippen LogP contribution in [0.5, 0.6) is 0 Å². The van der Waals surface area contributed by atoms with Crippen LogP contribution in [-0.2, 0) is 9.59 Å². The fraction of sp³-hybridized carbons (Fsp3) is 0.448. The Balaban J connectivity index is 1.00. The Labute approximate surface area is 226 Å². The second-order valence-corrected chi connectivity index (χ2v) is 11.1. The minimum Gasteiger partial charge on any atom is -0.385 e. The minimum atomic E-state index is -0.961. The number of hydrogen-bond donors (Lipinski definition) is 4. The summed E-state index contributed by atoms with van der Waals surface area (Å²) in [5.41, 5.74) is 3.23. The van der Waals surface area contributed by atoms with Gasteiger partial charge in [0.25, 0.3) is 11.8 Å². The number of imide groups is 2. The molecule has 1 aromatic carbocycles. The Morgan fingerprint density at radius 2 is 1.87 bits per heavy atom. The number of carbonyl (C=O) groups excluding carboxylic acids is 4. The van der Waals surface area contributed by atoms with Gasteiger partial charge in [0.15, 0.2) is 0 Å². The van der Waals surface area contributed by atoms with E-state index in [2.05, 4.69) is 27.0 Å². The van der Waals surface area contributed by atoms with Gasteiger partial charge in [-0.2, -0.15) is 0 Å². The van der Waals surface area contributed by atoms with E-state index in [9.17, 15) is 19.2 Å². The number of aromatic nitrogens is 1. The quantitative estimate of drug-likeness (QED) is 0.274. The number of anilines is 1. The van der Waals surface area contributed by atoms with Crippen molar-refractivity contribution in [2.24, 2.45) is 11.8 Å². The zero-order chi connectivity index (χ0) is 27.1. The molecule has 10 heteroatoms. The molecule has 3 fully saturated rings. The Hall–Kier alpha value is -3.92. The van der Waals surface area contributed by atoms with Gasteiger partial charge in [-0.3, -0.25) is 34.4 Å². The number of amides is 4. The maximum atomic E-state index is 13.0. The van der Waals surface area contributed by atoms with E-state index < -0.39 is 23.8 Å². The number of pyridine rings is 1. The Kier molecular flexibility index (Phi) is 6.72. The SMILES string of the molecule is N=C(C1CC1)C(CN[C@H]1C[C@H](CNc2ccc3c(c2)C(=O)N(C2CCC(=O)NC2=O)C3=O)C1)c1cccnc1. The zero-order valence-electron chi connectivity index (χ0n) is 21.6. The number of nitrogens with one attached hydrogen (secondary N) is 4. The van der Waals surface area contributed by atoms with Crippen LogP contribution >= 0.6 is 0 Å². The highest BCUT2D eigenvalue weighted by Crippen LogP contribution is 2.36. The molecular weight excluding hydrogens is 496 g/mol. The largest absolute Gasteiger partial charge is 0.385 e. The number of piperidine rings is 1. The maximum absolute atomic E-state index is 13.0. The smallest absolute Gasteiger partial charge is 0.262 e. The lowest BCUT2D eigenvalue weighted by Crippen LogP contribution is -2.54. The topological polar surface area (TPSA) is 144 Å². The van der Waals surface area contributed by atoms with Gasteiger partial charge in [0.05, 0.1) is 11.1 Å². The van der Waals surface area contributed by atoms with Crippen molar-refractivity contribution in [3.8, 4) is 0 Å². The fourth-order valence-electron chi connectivity index (χ4n) is 5.87. The van der Waals surface area contributed by atoms with Gasteiger partial charge in [-0.05, 0) is 73.8 Å². The molecule has 2 aliphatic carbocycles. The zero-order valence-corrected chi connectivity index (χ0v) is 21.6. The van der Waals surface area contributed by atoms with Crippen LogP contribution in [0.4, 0.5) is 5.69 Å². The molecule has 10 nitrogen and oxygen atoms in total. The lowest BCUT2D eigenvalue weighted by atomic mass is 9.79. The van der Waals surface area contributed by atoms with Gasteiger partial charge in [-0.1, -0.05) is 6.07 Å². The molecule has 6 rings (SSSR count). The molecular formula is C29H32N6O4. The monoisotopic (exact) mass is 528 g/mol. The van der Waals surface area contributed by atoms with Crippen molar-refractivity contribution >= 4 is 35.0 Å². The number of rotatable bonds is 10. The second-order valence-electron chi connectivity index (χ2n) is 11.1. The molecule has 2 aromatic rings. The highest BCUT2D eigenvalue weighted by atomic mass is 16.2. The molecule has 4 aliphatic rings. The Morgan fingerprint density at radius 3 is 2.59 bits per heavy atom. The Bertz CT molecular complexity index is 1330. The summed E-state index contributed by atoms with van der Waals surface area (Å²) in [6.45, 7) is 1.50. The lowest BCUT2D eigenvalue weighted by molar-refractivity contribution is -0.136. The third-order valence-corrected chi connectivity index (χ3v) is 8.36. The van der Waals surface area contributed by atoms with Crippen molar-refractivity contribution in [3.63, 3.8) is 0 Å². The molecule has 3 heterocycles. The van der Waals surface area contributed by atoms with Crippen molar-refractivity contribution < 1.29 is 19.2 Å². The van der Waals surface area contributed by atoms with E-state index in [-0.39, 0.29) is 35.8 Å². The fourth-order valence-corrected chi connectivity index (χ4v) is 5.87. The molecule has 1 aromatic heterocycles. The van der Waals surface area contributed by atoms with Crippen LogP contribution in [0.3, 0.4) is 0 Å². The van der Waals surface area contributed by atoms with Crippen molar-refractivity contribution in [1.82, 2.24) is 20.5 Å². The Morgan fingerprint density at radius 1 is 1.08 bits per heavy atom. The molecule has 39 heavy (non-hydrogen) atoms. The van der Waals surface area contributed by atoms with Gasteiger partial charge in [0, 0.05) is 55.3 Å². The summed E-state index contributed by atoms with van der Waals surface area (Å²) >= 11 is 0. The van der Waals surface area contributed by atoms with Crippen molar-refractivity contribution in [3.05, 3.63) is 59.4 Å². The van der Waals surface area contributed by atoms with Gasteiger partial charge < -0.3 is 16.0 Å². The lowest BCUT2D eigenvalue weighted by Gasteiger charge is -2.37. The van der Waals surface area contributed by atoms with Crippen LogP contribution in [0.25, 0.3) is 0 Å². The standard InChI is InChI=1S/C29H32N6O4/c30-26(17-3-4-17)23(18-2-1-9-31-14-18)15-33-20-10-16(11-20)13-32-19-5-6-21-22(12-19)29(39)35(28(21)38)24-7-8-25(36)34-27(24)37/h1-2,5-6,9,12,14,16-17,20,23-24,30,32-33H,3-4,7-8,10-11,13,15H2,(H,34,36,37)/t16-,20-,23?,24?. The first kappa shape index (κ1) is 25.4. The summed E-state index contributed by atoms with van der Waals surface area (Å²) < 4.78 is 0. The summed E-state index contributed by atoms with van der Waals surface area (Å²) in [6.07, 6.45) is 8.15. The molecule has 2 aliphatic heterocycles. The van der Waals surface area contributed by atoms with Crippen LogP contribution in [-0.4, -0.2) is 64.4 Å². The average molecular weight is 529 g/mol. The molecule has 4 amide bonds. The van der Waals surface area contributed by atoms with E-state index in [1.807, 2.05) is 12.3 Å². The predicted molar refractivity (Wildman–Crippen MR) is 144 cm³/mol. The van der Waals surface area contributed by atoms with Crippen molar-refractivity contribution in [1.29, 1.82) is 5.41 Å². The summed E-state index contributed by atoms with van der Waals surface area (Å²) in [5, 5.41) is 17.9. The van der Waals surface area contributed by atoms with Gasteiger partial charge in [0.1, 0.15) is 6.04 Å². The third-order valence-electron chi connectivity index (χ3n) is 8.36. The van der Waals surface area contributed by atoms with E-state index in [0.717, 1.165) is 60.6 Å². The normalized spacial score (nSPS) is 25.1. The van der Waals surface area contributed by atoms with Gasteiger partial charge >= 0.3 is 0 Å². The number of hydrogen-bond acceptors (Lipinski definition) is 8. The van der Waals surface area contributed by atoms with E-state index >= 15 is 0 Å². The molecule has 0 spiro atoms. The number of carbonyl (C=O) groups is 4. The number of benzene rings is 1. The first-order chi connectivity index (χ1) is 18.9. The van der Waals surface area contributed by atoms with Crippen LogP contribution in [0.15, 0.2) is 42.7 Å². The van der Waals surface area contributed by atoms with Gasteiger partial charge in [-0.25, -0.2) is 0 Å². The maximum Gasteiger partial charge on any atom is 0.262 e. The second kappa shape index (κ2) is 10.3. The number of fused-ring (bicyclic) bond motifs is 1. The molecule has 1 saturated heterocycles. The van der Waals surface area contributed by atoms with Crippen LogP contribution in [0, 0.1) is 17.2 Å². The molecule has 2 atom stereocenters. The first-order valence-electron chi connectivity index (χ1n) is 13.7. The molecule has 2 unspecified atom stereocenters. The summed E-state index contributed by atoms with van der Waals surface area (Å²) in [7, 11) is 0. The highest BCUT2D eigenvalue weighted by Gasteiger charge is 2.44. The molecule has 4 N–H and O–H groups in total. The number of nitrogens with zero attached hydrogens (tertiary/aromatic N) is 2. The molecule has 0 radical (unpaired) electrons. The van der Waals surface area contributed by atoms with E-state index in [0.29, 0.717) is 17.9 Å². The van der Waals surface area contributed by atoms with E-state index in [1.165, 1.54) is 0 Å². The summed E-state index contributed by atoms with van der Waals surface area (Å²) in [6, 6.07) is 8.53. The molecule has 0 bridgehead atoms. The average Bonchev–Trinajstić information content (AvgIpc) is 3.73. The third kappa shape index (κ3) is 5.08. The van der Waals surface area contributed by atoms with Crippen molar-refractivity contribution in [2.75, 3.05) is 18.4 Å². The van der Waals surface area contributed by atoms with Crippen LogP contribution in [0.1, 0.15) is 70.7 Å². The first-order valence-corrected chi connectivity index (χ1v) is 13.7. The van der Waals surface area contributed by atoms with Gasteiger partial charge in [-0.15, -0.1) is 0 Å². The van der Waals surface area contributed by atoms with Crippen molar-refractivity contribution in [2.45, 2.75) is 56.5 Å². The van der Waals surface area contributed by atoms with Gasteiger partial charge in [0.2, 0.25) is 11.8 Å². The molecule has 2 saturated carbocycles. The van der Waals surface area contributed by atoms with Crippen LogP contribution < -0.4 is 16.0 Å². The summed E-state index contributed by atoms with van der Waals surface area (Å²) in [5.74, 6) is -1.03. The summed E-state index contributed by atoms with van der Waals surface area (Å²) in [4.78, 5) is 54.9. The van der Waals surface area contributed by atoms with Crippen LogP contribution in [0.2, 0.25) is 0 Å². The molecule has 202 valence electrons. The van der Waals surface area contributed by atoms with E-state index in [1.54, 1.807) is 24.4 Å².